The zero-order valence-electron chi connectivity index (χ0n) is 9.80. The van der Waals surface area contributed by atoms with Crippen LogP contribution in [-0.4, -0.2) is 33.0 Å². The number of carbonyl (C=O) groups is 1. The molecule has 1 aromatic rings. The van der Waals surface area contributed by atoms with Gasteiger partial charge in [-0.3, -0.25) is 4.79 Å². The summed E-state index contributed by atoms with van der Waals surface area (Å²) in [5.41, 5.74) is -0.428. The number of methoxy groups -OCH3 is 2. The zero-order valence-corrected chi connectivity index (χ0v) is 10.6. The highest BCUT2D eigenvalue weighted by Gasteiger charge is 2.16. The van der Waals surface area contributed by atoms with E-state index >= 15 is 0 Å². The average Bonchev–Trinajstić information content (AvgIpc) is 2.34. The molecule has 0 spiro atoms. The highest BCUT2D eigenvalue weighted by molar-refractivity contribution is 6.30. The van der Waals surface area contributed by atoms with Gasteiger partial charge in [0.15, 0.2) is 6.29 Å². The van der Waals surface area contributed by atoms with Crippen LogP contribution in [0.1, 0.15) is 10.4 Å². The number of nitrogens with one attached hydrogen (secondary N) is 1. The molecule has 0 aliphatic rings. The Balaban J connectivity index is 2.76. The van der Waals surface area contributed by atoms with Crippen LogP contribution in [-0.2, 0) is 9.47 Å². The number of hydrogen-bond acceptors (Lipinski definition) is 3. The zero-order chi connectivity index (χ0) is 13.7. The number of carbonyl (C=O) groups excluding carboxylic acids is 1. The van der Waals surface area contributed by atoms with Crippen molar-refractivity contribution in [3.05, 3.63) is 34.4 Å². The molecule has 0 saturated heterocycles. The molecule has 7 heteroatoms. The average molecular weight is 280 g/mol. The van der Waals surface area contributed by atoms with Crippen molar-refractivity contribution >= 4 is 17.5 Å². The molecule has 0 unspecified atom stereocenters. The fourth-order valence-corrected chi connectivity index (χ4v) is 1.38. The highest BCUT2D eigenvalue weighted by atomic mass is 35.5. The Bertz CT molecular complexity index is 439. The van der Waals surface area contributed by atoms with E-state index in [0.29, 0.717) is 0 Å². The van der Waals surface area contributed by atoms with Crippen LogP contribution in [0.25, 0.3) is 0 Å². The molecule has 0 saturated carbocycles. The summed E-state index contributed by atoms with van der Waals surface area (Å²) in [4.78, 5) is 11.6. The van der Waals surface area contributed by atoms with Gasteiger partial charge in [-0.15, -0.1) is 0 Å². The largest absolute Gasteiger partial charge is 0.354 e. The van der Waals surface area contributed by atoms with Crippen LogP contribution in [0.2, 0.25) is 5.02 Å². The van der Waals surface area contributed by atoms with E-state index in [-0.39, 0.29) is 11.6 Å². The van der Waals surface area contributed by atoms with Crippen LogP contribution in [0.15, 0.2) is 12.1 Å². The van der Waals surface area contributed by atoms with E-state index in [2.05, 4.69) is 5.32 Å². The lowest BCUT2D eigenvalue weighted by molar-refractivity contribution is -0.0974. The Hall–Kier alpha value is -1.24. The minimum Gasteiger partial charge on any atom is -0.354 e. The SMILES string of the molecule is COC(CNC(=O)c1cc(F)c(Cl)cc1F)OC. The molecule has 0 aliphatic heterocycles. The predicted octanol–water partition coefficient (Wildman–Crippen LogP) is 1.97. The predicted molar refractivity (Wildman–Crippen MR) is 61.5 cm³/mol. The highest BCUT2D eigenvalue weighted by Crippen LogP contribution is 2.19. The van der Waals surface area contributed by atoms with Gasteiger partial charge in [0, 0.05) is 14.2 Å². The van der Waals surface area contributed by atoms with Gasteiger partial charge < -0.3 is 14.8 Å². The molecular weight excluding hydrogens is 268 g/mol. The van der Waals surface area contributed by atoms with Crippen molar-refractivity contribution in [2.75, 3.05) is 20.8 Å². The lowest BCUT2D eigenvalue weighted by Crippen LogP contribution is -2.34. The summed E-state index contributed by atoms with van der Waals surface area (Å²) in [7, 11) is 2.78. The topological polar surface area (TPSA) is 47.6 Å². The minimum absolute atomic E-state index is 0.00944. The van der Waals surface area contributed by atoms with Crippen LogP contribution in [0.5, 0.6) is 0 Å². The molecule has 0 atom stereocenters. The molecule has 4 nitrogen and oxygen atoms in total. The van der Waals surface area contributed by atoms with Gasteiger partial charge in [0.05, 0.1) is 17.1 Å². The number of hydrogen-bond donors (Lipinski definition) is 1. The normalized spacial score (nSPS) is 10.8. The quantitative estimate of drug-likeness (QED) is 0.662. The molecular formula is C11H12ClF2NO3. The summed E-state index contributed by atoms with van der Waals surface area (Å²) in [6.45, 7) is 0.00944. The maximum Gasteiger partial charge on any atom is 0.254 e. The summed E-state index contributed by atoms with van der Waals surface area (Å²) in [5, 5.41) is 1.97. The second kappa shape index (κ2) is 6.63. The Labute approximate surface area is 108 Å². The van der Waals surface area contributed by atoms with Crippen molar-refractivity contribution in [3.8, 4) is 0 Å². The second-order valence-electron chi connectivity index (χ2n) is 3.36. The van der Waals surface area contributed by atoms with E-state index < -0.39 is 29.4 Å². The first-order chi connectivity index (χ1) is 8.49. The summed E-state index contributed by atoms with van der Waals surface area (Å²) in [6, 6.07) is 1.48. The van der Waals surface area contributed by atoms with Gasteiger partial charge in [-0.05, 0) is 12.1 Å². The first-order valence-corrected chi connectivity index (χ1v) is 5.35. The van der Waals surface area contributed by atoms with Crippen molar-refractivity contribution in [1.82, 2.24) is 5.32 Å². The van der Waals surface area contributed by atoms with Crippen molar-refractivity contribution in [1.29, 1.82) is 0 Å². The third kappa shape index (κ3) is 3.63. The van der Waals surface area contributed by atoms with E-state index in [1.165, 1.54) is 14.2 Å². The molecule has 0 radical (unpaired) electrons. The van der Waals surface area contributed by atoms with E-state index in [1.807, 2.05) is 0 Å². The second-order valence-corrected chi connectivity index (χ2v) is 3.76. The number of rotatable bonds is 5. The molecule has 0 bridgehead atoms. The lowest BCUT2D eigenvalue weighted by Gasteiger charge is -2.14. The molecule has 1 amide bonds. The molecule has 1 N–H and O–H groups in total. The molecule has 0 fully saturated rings. The summed E-state index contributed by atoms with van der Waals surface area (Å²) in [6.07, 6.45) is -0.658. The first kappa shape index (κ1) is 14.8. The van der Waals surface area contributed by atoms with Crippen molar-refractivity contribution in [2.24, 2.45) is 0 Å². The van der Waals surface area contributed by atoms with Crippen molar-refractivity contribution in [3.63, 3.8) is 0 Å². The maximum atomic E-state index is 13.4. The Morgan fingerprint density at radius 2 is 1.94 bits per heavy atom. The molecule has 100 valence electrons. The third-order valence-electron chi connectivity index (χ3n) is 2.21. The van der Waals surface area contributed by atoms with Gasteiger partial charge in [0.2, 0.25) is 0 Å². The third-order valence-corrected chi connectivity index (χ3v) is 2.50. The van der Waals surface area contributed by atoms with Crippen LogP contribution >= 0.6 is 11.6 Å². The Morgan fingerprint density at radius 1 is 1.33 bits per heavy atom. The van der Waals surface area contributed by atoms with Gasteiger partial charge in [-0.2, -0.15) is 0 Å². The lowest BCUT2D eigenvalue weighted by atomic mass is 10.2. The van der Waals surface area contributed by atoms with Gasteiger partial charge >= 0.3 is 0 Å². The minimum atomic E-state index is -0.898. The van der Waals surface area contributed by atoms with E-state index in [1.54, 1.807) is 0 Å². The van der Waals surface area contributed by atoms with Gasteiger partial charge in [0.25, 0.3) is 5.91 Å². The number of ether oxygens (including phenoxy) is 2. The van der Waals surface area contributed by atoms with Crippen LogP contribution in [0.4, 0.5) is 8.78 Å². The summed E-state index contributed by atoms with van der Waals surface area (Å²) < 4.78 is 36.2. The van der Waals surface area contributed by atoms with E-state index in [4.69, 9.17) is 21.1 Å². The van der Waals surface area contributed by atoms with Gasteiger partial charge in [-0.25, -0.2) is 8.78 Å². The molecule has 0 aliphatic carbocycles. The summed E-state index contributed by atoms with van der Waals surface area (Å²) >= 11 is 5.38. The molecule has 18 heavy (non-hydrogen) atoms. The molecule has 0 aromatic heterocycles. The van der Waals surface area contributed by atoms with Crippen LogP contribution in [0, 0.1) is 11.6 Å². The first-order valence-electron chi connectivity index (χ1n) is 4.98. The Morgan fingerprint density at radius 3 is 2.50 bits per heavy atom. The summed E-state index contributed by atoms with van der Waals surface area (Å²) in [5.74, 6) is -2.54. The standard InChI is InChI=1S/C11H12ClF2NO3/c1-17-10(18-2)5-15-11(16)6-3-9(14)7(12)4-8(6)13/h3-4,10H,5H2,1-2H3,(H,15,16). The van der Waals surface area contributed by atoms with E-state index in [0.717, 1.165) is 12.1 Å². The molecule has 1 rings (SSSR count). The number of benzene rings is 1. The smallest absolute Gasteiger partial charge is 0.254 e. The fourth-order valence-electron chi connectivity index (χ4n) is 1.23. The fraction of sp³-hybridized carbons (Fsp3) is 0.364. The van der Waals surface area contributed by atoms with E-state index in [9.17, 15) is 13.6 Å². The maximum absolute atomic E-state index is 13.4. The Kier molecular flexibility index (Phi) is 5.46. The van der Waals surface area contributed by atoms with Gasteiger partial charge in [-0.1, -0.05) is 11.6 Å². The van der Waals surface area contributed by atoms with Gasteiger partial charge in [0.1, 0.15) is 11.6 Å². The van der Waals surface area contributed by atoms with Crippen molar-refractivity contribution in [2.45, 2.75) is 6.29 Å². The van der Waals surface area contributed by atoms with Crippen LogP contribution in [0.3, 0.4) is 0 Å². The number of halogens is 3. The number of amides is 1. The molecule has 1 aromatic carbocycles. The monoisotopic (exact) mass is 279 g/mol. The molecule has 0 heterocycles. The van der Waals surface area contributed by atoms with Crippen molar-refractivity contribution < 1.29 is 23.0 Å². The van der Waals surface area contributed by atoms with Crippen LogP contribution < -0.4 is 5.32 Å².